The number of aryl methyl sites for hydroxylation is 1. The number of rotatable bonds is 8. The second-order valence-electron chi connectivity index (χ2n) is 4.77. The third-order valence-electron chi connectivity index (χ3n) is 2.97. The lowest BCUT2D eigenvalue weighted by Crippen LogP contribution is -2.30. The van der Waals surface area contributed by atoms with Crippen LogP contribution in [-0.2, 0) is 16.6 Å². The van der Waals surface area contributed by atoms with Gasteiger partial charge in [0.1, 0.15) is 0 Å². The van der Waals surface area contributed by atoms with Crippen molar-refractivity contribution in [1.82, 2.24) is 9.62 Å². The first-order chi connectivity index (χ1) is 8.95. The normalized spacial score (nSPS) is 12.0. The summed E-state index contributed by atoms with van der Waals surface area (Å²) in [6.45, 7) is 6.07. The minimum absolute atomic E-state index is 0.197. The van der Waals surface area contributed by atoms with Crippen LogP contribution in [0, 0.1) is 6.92 Å². The van der Waals surface area contributed by atoms with Crippen molar-refractivity contribution in [3.63, 3.8) is 0 Å². The lowest BCUT2D eigenvalue weighted by atomic mass is 10.1. The zero-order valence-corrected chi connectivity index (χ0v) is 12.8. The molecule has 0 unspecified atom stereocenters. The van der Waals surface area contributed by atoms with Crippen LogP contribution >= 0.6 is 0 Å². The summed E-state index contributed by atoms with van der Waals surface area (Å²) in [6, 6.07) is 7.94. The number of nitrogens with one attached hydrogen (secondary N) is 1. The molecule has 0 aliphatic heterocycles. The molecule has 0 bridgehead atoms. The highest BCUT2D eigenvalue weighted by Gasteiger charge is 2.17. The van der Waals surface area contributed by atoms with Crippen molar-refractivity contribution < 1.29 is 8.42 Å². The highest BCUT2D eigenvalue weighted by atomic mass is 32.2. The Labute approximate surface area is 116 Å². The largest absolute Gasteiger partial charge is 0.317 e. The third kappa shape index (κ3) is 5.72. The van der Waals surface area contributed by atoms with E-state index in [9.17, 15) is 8.42 Å². The second kappa shape index (κ2) is 7.62. The Morgan fingerprint density at radius 2 is 2.05 bits per heavy atom. The van der Waals surface area contributed by atoms with Crippen LogP contribution in [0.15, 0.2) is 24.3 Å². The highest BCUT2D eigenvalue weighted by Crippen LogP contribution is 2.10. The van der Waals surface area contributed by atoms with Crippen molar-refractivity contribution in [2.24, 2.45) is 0 Å². The number of hydrogen-bond acceptors (Lipinski definition) is 3. The Morgan fingerprint density at radius 3 is 2.68 bits per heavy atom. The van der Waals surface area contributed by atoms with Crippen LogP contribution in [0.3, 0.4) is 0 Å². The van der Waals surface area contributed by atoms with Crippen LogP contribution in [0.4, 0.5) is 0 Å². The fourth-order valence-electron chi connectivity index (χ4n) is 1.88. The SMILES string of the molecule is CCNCCCS(=O)(=O)N(C)Cc1cccc(C)c1. The van der Waals surface area contributed by atoms with E-state index in [1.54, 1.807) is 7.05 Å². The van der Waals surface area contributed by atoms with Gasteiger partial charge in [-0.1, -0.05) is 36.8 Å². The van der Waals surface area contributed by atoms with Crippen molar-refractivity contribution in [2.45, 2.75) is 26.8 Å². The van der Waals surface area contributed by atoms with Gasteiger partial charge in [-0.2, -0.15) is 0 Å². The lowest BCUT2D eigenvalue weighted by Gasteiger charge is -2.17. The second-order valence-corrected chi connectivity index (χ2v) is 6.96. The van der Waals surface area contributed by atoms with Crippen LogP contribution in [0.2, 0.25) is 0 Å². The molecular formula is C14H24N2O2S. The highest BCUT2D eigenvalue weighted by molar-refractivity contribution is 7.89. The van der Waals surface area contributed by atoms with Crippen LogP contribution in [0.25, 0.3) is 0 Å². The third-order valence-corrected chi connectivity index (χ3v) is 4.85. The zero-order chi connectivity index (χ0) is 14.3. The van der Waals surface area contributed by atoms with Gasteiger partial charge in [0.2, 0.25) is 10.0 Å². The van der Waals surface area contributed by atoms with Gasteiger partial charge in [-0.15, -0.1) is 0 Å². The summed E-state index contributed by atoms with van der Waals surface area (Å²) in [5, 5.41) is 3.13. The van der Waals surface area contributed by atoms with Crippen molar-refractivity contribution in [3.8, 4) is 0 Å². The summed E-state index contributed by atoms with van der Waals surface area (Å²) in [5.41, 5.74) is 2.17. The first-order valence-corrected chi connectivity index (χ1v) is 8.27. The van der Waals surface area contributed by atoms with E-state index in [0.29, 0.717) is 13.0 Å². The molecule has 0 amide bonds. The fraction of sp³-hybridized carbons (Fsp3) is 0.571. The lowest BCUT2D eigenvalue weighted by molar-refractivity contribution is 0.464. The molecule has 0 fully saturated rings. The van der Waals surface area contributed by atoms with E-state index in [0.717, 1.165) is 24.2 Å². The molecule has 0 saturated heterocycles. The summed E-state index contributed by atoms with van der Waals surface area (Å²) in [7, 11) is -1.51. The van der Waals surface area contributed by atoms with Gasteiger partial charge in [-0.05, 0) is 32.0 Å². The zero-order valence-electron chi connectivity index (χ0n) is 12.0. The Balaban J connectivity index is 2.53. The van der Waals surface area contributed by atoms with E-state index >= 15 is 0 Å². The number of hydrogen-bond donors (Lipinski definition) is 1. The monoisotopic (exact) mass is 284 g/mol. The maximum atomic E-state index is 12.1. The quantitative estimate of drug-likeness (QED) is 0.740. The fourth-order valence-corrected chi connectivity index (χ4v) is 3.04. The molecule has 0 spiro atoms. The van der Waals surface area contributed by atoms with Gasteiger partial charge >= 0.3 is 0 Å². The molecule has 1 N–H and O–H groups in total. The Hall–Kier alpha value is -0.910. The molecule has 0 aromatic heterocycles. The average Bonchev–Trinajstić information content (AvgIpc) is 2.34. The molecule has 1 aromatic rings. The summed E-state index contributed by atoms with van der Waals surface area (Å²) in [4.78, 5) is 0. The Morgan fingerprint density at radius 1 is 1.32 bits per heavy atom. The first-order valence-electron chi connectivity index (χ1n) is 6.66. The smallest absolute Gasteiger partial charge is 0.214 e. The minimum atomic E-state index is -3.16. The van der Waals surface area contributed by atoms with Crippen LogP contribution in [-0.4, -0.2) is 38.6 Å². The van der Waals surface area contributed by atoms with Crippen molar-refractivity contribution in [1.29, 1.82) is 0 Å². The summed E-state index contributed by atoms with van der Waals surface area (Å²) >= 11 is 0. The molecule has 19 heavy (non-hydrogen) atoms. The molecule has 5 heteroatoms. The maximum Gasteiger partial charge on any atom is 0.214 e. The van der Waals surface area contributed by atoms with Crippen LogP contribution in [0.1, 0.15) is 24.5 Å². The molecule has 0 saturated carbocycles. The van der Waals surface area contributed by atoms with Crippen molar-refractivity contribution >= 4 is 10.0 Å². The van der Waals surface area contributed by atoms with Crippen LogP contribution in [0.5, 0.6) is 0 Å². The van der Waals surface area contributed by atoms with Gasteiger partial charge < -0.3 is 5.32 Å². The molecule has 0 heterocycles. The van der Waals surface area contributed by atoms with Crippen molar-refractivity contribution in [3.05, 3.63) is 35.4 Å². The van der Waals surface area contributed by atoms with E-state index in [1.807, 2.05) is 38.1 Å². The number of benzene rings is 1. The van der Waals surface area contributed by atoms with Gasteiger partial charge in [0, 0.05) is 13.6 Å². The standard InChI is InChI=1S/C14H24N2O2S/c1-4-15-9-6-10-19(17,18)16(3)12-14-8-5-7-13(2)11-14/h5,7-8,11,15H,4,6,9-10,12H2,1-3H3. The maximum absolute atomic E-state index is 12.1. The first kappa shape index (κ1) is 16.1. The van der Waals surface area contributed by atoms with E-state index in [1.165, 1.54) is 4.31 Å². The minimum Gasteiger partial charge on any atom is -0.317 e. The van der Waals surface area contributed by atoms with E-state index < -0.39 is 10.0 Å². The van der Waals surface area contributed by atoms with Crippen LogP contribution < -0.4 is 5.32 Å². The Kier molecular flexibility index (Phi) is 6.48. The predicted octanol–water partition coefficient (Wildman–Crippen LogP) is 1.76. The topological polar surface area (TPSA) is 49.4 Å². The van der Waals surface area contributed by atoms with Gasteiger partial charge in [0.15, 0.2) is 0 Å². The molecule has 4 nitrogen and oxygen atoms in total. The summed E-state index contributed by atoms with van der Waals surface area (Å²) in [6.07, 6.45) is 0.647. The average molecular weight is 284 g/mol. The van der Waals surface area contributed by atoms with E-state index in [4.69, 9.17) is 0 Å². The van der Waals surface area contributed by atoms with E-state index in [-0.39, 0.29) is 5.75 Å². The molecule has 0 radical (unpaired) electrons. The predicted molar refractivity (Wildman–Crippen MR) is 79.6 cm³/mol. The Bertz CT molecular complexity index is 486. The molecule has 0 aliphatic carbocycles. The molecule has 1 aromatic carbocycles. The number of nitrogens with zero attached hydrogens (tertiary/aromatic N) is 1. The molecule has 1 rings (SSSR count). The number of sulfonamides is 1. The molecule has 0 atom stereocenters. The summed E-state index contributed by atoms with van der Waals surface area (Å²) in [5.74, 6) is 0.197. The van der Waals surface area contributed by atoms with Gasteiger partial charge in [-0.25, -0.2) is 12.7 Å². The summed E-state index contributed by atoms with van der Waals surface area (Å²) < 4.78 is 25.6. The van der Waals surface area contributed by atoms with Crippen molar-refractivity contribution in [2.75, 3.05) is 25.9 Å². The van der Waals surface area contributed by atoms with E-state index in [2.05, 4.69) is 5.32 Å². The van der Waals surface area contributed by atoms with Gasteiger partial charge in [0.05, 0.1) is 5.75 Å². The van der Waals surface area contributed by atoms with Gasteiger partial charge in [0.25, 0.3) is 0 Å². The molecule has 0 aliphatic rings. The van der Waals surface area contributed by atoms with Gasteiger partial charge in [-0.3, -0.25) is 0 Å². The molecular weight excluding hydrogens is 260 g/mol. The molecule has 108 valence electrons.